The van der Waals surface area contributed by atoms with Crippen LogP contribution in [0.3, 0.4) is 0 Å². The van der Waals surface area contributed by atoms with Crippen molar-refractivity contribution in [3.05, 3.63) is 89.5 Å². The molecule has 3 amide bonds. The lowest BCUT2D eigenvalue weighted by Gasteiger charge is -2.25. The molecule has 1 aliphatic rings. The van der Waals surface area contributed by atoms with Crippen LogP contribution in [-0.4, -0.2) is 48.5 Å². The highest BCUT2D eigenvalue weighted by molar-refractivity contribution is 6.34. The van der Waals surface area contributed by atoms with Crippen LogP contribution in [0.4, 0.5) is 10.5 Å². The summed E-state index contributed by atoms with van der Waals surface area (Å²) in [5.74, 6) is 0.931. The maximum Gasteiger partial charge on any atom is 0.408 e. The highest BCUT2D eigenvalue weighted by atomic mass is 16.6. The van der Waals surface area contributed by atoms with Gasteiger partial charge in [-0.2, -0.15) is 0 Å². The fraction of sp³-hybridized carbons (Fsp3) is 0.258. The number of hydrogen-bond donors (Lipinski definition) is 2. The summed E-state index contributed by atoms with van der Waals surface area (Å²) in [7, 11) is 3.29. The summed E-state index contributed by atoms with van der Waals surface area (Å²) in [4.78, 5) is 38.8. The molecule has 0 fully saturated rings. The molecule has 0 radical (unpaired) electrons. The van der Waals surface area contributed by atoms with Crippen LogP contribution in [0, 0.1) is 0 Å². The number of amides is 3. The van der Waals surface area contributed by atoms with Crippen molar-refractivity contribution in [3.63, 3.8) is 0 Å². The van der Waals surface area contributed by atoms with Crippen molar-refractivity contribution in [1.29, 1.82) is 0 Å². The quantitative estimate of drug-likeness (QED) is 0.396. The highest BCUT2D eigenvalue weighted by Crippen LogP contribution is 2.33. The van der Waals surface area contributed by atoms with Crippen LogP contribution in [0.2, 0.25) is 0 Å². The number of carbonyl (C=O) groups excluding carboxylic acids is 3. The predicted octanol–water partition coefficient (Wildman–Crippen LogP) is 5.50. The van der Waals surface area contributed by atoms with Crippen molar-refractivity contribution < 1.29 is 23.9 Å². The molecule has 1 atom stereocenters. The van der Waals surface area contributed by atoms with Crippen LogP contribution in [0.15, 0.2) is 72.8 Å². The predicted molar refractivity (Wildman–Crippen MR) is 151 cm³/mol. The first-order chi connectivity index (χ1) is 18.5. The Morgan fingerprint density at radius 3 is 2.18 bits per heavy atom. The molecule has 8 nitrogen and oxygen atoms in total. The molecule has 0 bridgehead atoms. The van der Waals surface area contributed by atoms with Gasteiger partial charge in [-0.1, -0.05) is 42.5 Å². The standard InChI is InChI=1S/C31H33N3O5/c1-31(2,3)39-30(37)33-27(29(36)34(4)5)19-21-12-16-23(17-13-21)38-22-14-10-20(11-15-22)18-25-24-8-6-7-9-26(24)32-28(25)35/h6-18,27H,19H2,1-5H3,(H,32,35)(H,33,37)/b25-18+. The number of para-hydroxylation sites is 1. The van der Waals surface area contributed by atoms with Crippen LogP contribution < -0.4 is 15.4 Å². The molecule has 1 heterocycles. The van der Waals surface area contributed by atoms with E-state index in [0.717, 1.165) is 22.4 Å². The molecule has 1 aliphatic heterocycles. The van der Waals surface area contributed by atoms with Gasteiger partial charge in [-0.05, 0) is 68.3 Å². The third-order valence-corrected chi connectivity index (χ3v) is 5.93. The summed E-state index contributed by atoms with van der Waals surface area (Å²) in [6.45, 7) is 5.31. The van der Waals surface area contributed by atoms with Crippen LogP contribution in [0.1, 0.15) is 37.5 Å². The smallest absolute Gasteiger partial charge is 0.408 e. The van der Waals surface area contributed by atoms with Gasteiger partial charge in [-0.15, -0.1) is 0 Å². The lowest BCUT2D eigenvalue weighted by molar-refractivity contribution is -0.130. The van der Waals surface area contributed by atoms with Crippen LogP contribution in [0.25, 0.3) is 11.6 Å². The molecule has 0 spiro atoms. The average molecular weight is 528 g/mol. The maximum atomic E-state index is 12.7. The van der Waals surface area contributed by atoms with Crippen molar-refractivity contribution in [2.45, 2.75) is 38.8 Å². The Morgan fingerprint density at radius 2 is 1.56 bits per heavy atom. The number of rotatable bonds is 7. The Hall–Kier alpha value is -4.59. The monoisotopic (exact) mass is 527 g/mol. The Balaban J connectivity index is 1.40. The van der Waals surface area contributed by atoms with Gasteiger partial charge in [0.05, 0.1) is 0 Å². The van der Waals surface area contributed by atoms with Crippen molar-refractivity contribution >= 4 is 35.2 Å². The van der Waals surface area contributed by atoms with E-state index in [2.05, 4.69) is 10.6 Å². The number of hydrogen-bond acceptors (Lipinski definition) is 5. The lowest BCUT2D eigenvalue weighted by atomic mass is 10.0. The normalized spacial score (nSPS) is 14.3. The number of benzene rings is 3. The van der Waals surface area contributed by atoms with Gasteiger partial charge in [0.2, 0.25) is 5.91 Å². The molecule has 2 N–H and O–H groups in total. The summed E-state index contributed by atoms with van der Waals surface area (Å²) in [5, 5.41) is 5.56. The van der Waals surface area contributed by atoms with Gasteiger partial charge < -0.3 is 25.0 Å². The average Bonchev–Trinajstić information content (AvgIpc) is 3.19. The first-order valence-corrected chi connectivity index (χ1v) is 12.7. The summed E-state index contributed by atoms with van der Waals surface area (Å²) in [5.41, 5.74) is 3.40. The van der Waals surface area contributed by atoms with Gasteiger partial charge in [0, 0.05) is 37.3 Å². The molecule has 3 aromatic rings. The summed E-state index contributed by atoms with van der Waals surface area (Å²) >= 11 is 0. The van der Waals surface area contributed by atoms with Crippen LogP contribution in [-0.2, 0) is 20.7 Å². The summed E-state index contributed by atoms with van der Waals surface area (Å²) < 4.78 is 11.3. The first-order valence-electron chi connectivity index (χ1n) is 12.7. The number of nitrogens with one attached hydrogen (secondary N) is 2. The Bertz CT molecular complexity index is 1390. The second-order valence-corrected chi connectivity index (χ2v) is 10.5. The Kier molecular flexibility index (Phi) is 8.04. The van der Waals surface area contributed by atoms with Gasteiger partial charge in [0.25, 0.3) is 5.91 Å². The number of carbonyl (C=O) groups is 3. The van der Waals surface area contributed by atoms with Crippen LogP contribution in [0.5, 0.6) is 11.5 Å². The molecule has 8 heteroatoms. The molecule has 0 aromatic heterocycles. The number of alkyl carbamates (subject to hydrolysis) is 1. The van der Waals surface area contributed by atoms with Gasteiger partial charge in [0.1, 0.15) is 23.1 Å². The summed E-state index contributed by atoms with van der Waals surface area (Å²) in [6.07, 6.45) is 1.52. The summed E-state index contributed by atoms with van der Waals surface area (Å²) in [6, 6.07) is 21.7. The van der Waals surface area contributed by atoms with Crippen molar-refractivity contribution in [2.24, 2.45) is 0 Å². The minimum atomic E-state index is -0.766. The van der Waals surface area contributed by atoms with E-state index in [9.17, 15) is 14.4 Å². The zero-order valence-corrected chi connectivity index (χ0v) is 22.8. The second-order valence-electron chi connectivity index (χ2n) is 10.5. The Morgan fingerprint density at radius 1 is 0.949 bits per heavy atom. The number of fused-ring (bicyclic) bond motifs is 1. The zero-order valence-electron chi connectivity index (χ0n) is 22.8. The molecule has 202 valence electrons. The van der Waals surface area contributed by atoms with E-state index >= 15 is 0 Å². The topological polar surface area (TPSA) is 97.0 Å². The maximum absolute atomic E-state index is 12.7. The first kappa shape index (κ1) is 27.4. The van der Waals surface area contributed by atoms with Crippen molar-refractivity contribution in [2.75, 3.05) is 19.4 Å². The van der Waals surface area contributed by atoms with Gasteiger partial charge in [-0.3, -0.25) is 9.59 Å². The van der Waals surface area contributed by atoms with Gasteiger partial charge in [-0.25, -0.2) is 4.79 Å². The molecule has 1 unspecified atom stereocenters. The lowest BCUT2D eigenvalue weighted by Crippen LogP contribution is -2.48. The van der Waals surface area contributed by atoms with E-state index in [1.807, 2.05) is 78.9 Å². The Labute approximate surface area is 228 Å². The number of likely N-dealkylation sites (N-methyl/N-ethyl adjacent to an activating group) is 1. The third kappa shape index (κ3) is 7.25. The minimum Gasteiger partial charge on any atom is -0.457 e. The van der Waals surface area contributed by atoms with Crippen molar-refractivity contribution in [1.82, 2.24) is 10.2 Å². The molecule has 0 saturated carbocycles. The van der Waals surface area contributed by atoms with E-state index < -0.39 is 17.7 Å². The van der Waals surface area contributed by atoms with Gasteiger partial charge >= 0.3 is 6.09 Å². The van der Waals surface area contributed by atoms with E-state index in [1.54, 1.807) is 34.9 Å². The molecule has 0 aliphatic carbocycles. The van der Waals surface area contributed by atoms with Gasteiger partial charge in [0.15, 0.2) is 0 Å². The number of anilines is 1. The third-order valence-electron chi connectivity index (χ3n) is 5.93. The minimum absolute atomic E-state index is 0.118. The molecule has 4 rings (SSSR count). The molecule has 0 saturated heterocycles. The van der Waals surface area contributed by atoms with Crippen molar-refractivity contribution in [3.8, 4) is 11.5 Å². The zero-order chi connectivity index (χ0) is 28.2. The van der Waals surface area contributed by atoms with Crippen LogP contribution >= 0.6 is 0 Å². The molecular weight excluding hydrogens is 494 g/mol. The van der Waals surface area contributed by atoms with E-state index in [-0.39, 0.29) is 11.8 Å². The van der Waals surface area contributed by atoms with E-state index in [0.29, 0.717) is 23.5 Å². The van der Waals surface area contributed by atoms with E-state index in [1.165, 1.54) is 4.90 Å². The second kappa shape index (κ2) is 11.4. The fourth-order valence-corrected chi connectivity index (χ4v) is 4.11. The number of nitrogens with zero attached hydrogens (tertiary/aromatic N) is 1. The molecule has 39 heavy (non-hydrogen) atoms. The largest absolute Gasteiger partial charge is 0.457 e. The number of ether oxygens (including phenoxy) is 2. The van der Waals surface area contributed by atoms with E-state index in [4.69, 9.17) is 9.47 Å². The fourth-order valence-electron chi connectivity index (χ4n) is 4.11. The SMILES string of the molecule is CN(C)C(=O)C(Cc1ccc(Oc2ccc(/C=C3/C(=O)Nc4ccccc43)cc2)cc1)NC(=O)OC(C)(C)C. The molecular formula is C31H33N3O5. The highest BCUT2D eigenvalue weighted by Gasteiger charge is 2.26. The molecule has 3 aromatic carbocycles.